The number of nitrogens with zero attached hydrogens (tertiary/aromatic N) is 3. The number of hydrogen-bond acceptors (Lipinski definition) is 5. The molecule has 8 heteroatoms. The lowest BCUT2D eigenvalue weighted by Gasteiger charge is -2.29. The number of imidazole rings is 1. The van der Waals surface area contributed by atoms with Crippen LogP contribution in [0.25, 0.3) is 22.4 Å². The molecule has 188 valence electrons. The van der Waals surface area contributed by atoms with Gasteiger partial charge in [0.05, 0.1) is 11.0 Å². The molecule has 0 amide bonds. The van der Waals surface area contributed by atoms with Gasteiger partial charge in [0.1, 0.15) is 11.9 Å². The van der Waals surface area contributed by atoms with E-state index in [0.717, 1.165) is 60.5 Å². The molecule has 0 saturated carbocycles. The standard InChI is InChI=1S/C27H37N5O3/c1-17(2)11-23(27(34)35)28-14-20-5-6-24-22(13-20)30-25(21-12-18(3)26(33)29-15-21)32(24)16-19-7-9-31(4)10-8-19/h5-6,12-13,15,17,19,23,28H,7-11,14,16H2,1-4H3,(H,29,33)(H,34,35). The molecule has 0 radical (unpaired) electrons. The average molecular weight is 480 g/mol. The molecule has 4 rings (SSSR count). The van der Waals surface area contributed by atoms with Crippen LogP contribution in [0, 0.1) is 18.8 Å². The zero-order valence-electron chi connectivity index (χ0n) is 21.2. The van der Waals surface area contributed by atoms with Gasteiger partial charge in [0.2, 0.25) is 0 Å². The maximum absolute atomic E-state index is 12.0. The number of piperidine rings is 1. The molecule has 0 aliphatic carbocycles. The quantitative estimate of drug-likeness (QED) is 0.433. The van der Waals surface area contributed by atoms with Gasteiger partial charge in [0, 0.05) is 30.4 Å². The second kappa shape index (κ2) is 10.7. The third-order valence-electron chi connectivity index (χ3n) is 7.00. The van der Waals surface area contributed by atoms with Crippen molar-refractivity contribution in [2.45, 2.75) is 59.2 Å². The molecule has 3 aromatic rings. The zero-order valence-corrected chi connectivity index (χ0v) is 21.2. The molecule has 1 aliphatic rings. The minimum Gasteiger partial charge on any atom is -0.480 e. The molecule has 8 nitrogen and oxygen atoms in total. The van der Waals surface area contributed by atoms with E-state index in [1.807, 2.05) is 32.9 Å². The summed E-state index contributed by atoms with van der Waals surface area (Å²) in [4.78, 5) is 33.8. The van der Waals surface area contributed by atoms with Crippen LogP contribution in [-0.2, 0) is 17.9 Å². The number of aryl methyl sites for hydroxylation is 1. The Morgan fingerprint density at radius 1 is 1.26 bits per heavy atom. The average Bonchev–Trinajstić information content (AvgIpc) is 3.17. The van der Waals surface area contributed by atoms with Gasteiger partial charge in [-0.05, 0) is 81.9 Å². The monoisotopic (exact) mass is 479 g/mol. The number of nitrogens with one attached hydrogen (secondary N) is 2. The lowest BCUT2D eigenvalue weighted by molar-refractivity contribution is -0.140. The first-order valence-electron chi connectivity index (χ1n) is 12.5. The van der Waals surface area contributed by atoms with Gasteiger partial charge >= 0.3 is 5.97 Å². The van der Waals surface area contributed by atoms with Crippen molar-refractivity contribution in [1.82, 2.24) is 24.8 Å². The number of carboxylic acids is 1. The maximum Gasteiger partial charge on any atom is 0.320 e. The van der Waals surface area contributed by atoms with Gasteiger partial charge in [-0.25, -0.2) is 4.98 Å². The fourth-order valence-electron chi connectivity index (χ4n) is 4.90. The molecule has 1 saturated heterocycles. The first-order chi connectivity index (χ1) is 16.7. The number of hydrogen-bond donors (Lipinski definition) is 3. The third kappa shape index (κ3) is 6.00. The normalized spacial score (nSPS) is 16.3. The van der Waals surface area contributed by atoms with Gasteiger partial charge in [-0.2, -0.15) is 0 Å². The minimum absolute atomic E-state index is 0.0885. The smallest absolute Gasteiger partial charge is 0.320 e. The number of benzene rings is 1. The number of aliphatic carboxylic acids is 1. The highest BCUT2D eigenvalue weighted by molar-refractivity contribution is 5.81. The molecule has 3 N–H and O–H groups in total. The Bertz CT molecular complexity index is 1240. The van der Waals surface area contributed by atoms with E-state index in [4.69, 9.17) is 4.98 Å². The van der Waals surface area contributed by atoms with E-state index < -0.39 is 12.0 Å². The topological polar surface area (TPSA) is 103 Å². The molecule has 1 aromatic carbocycles. The lowest BCUT2D eigenvalue weighted by atomic mass is 9.97. The molecule has 0 spiro atoms. The molecular weight excluding hydrogens is 442 g/mol. The summed E-state index contributed by atoms with van der Waals surface area (Å²) in [6.45, 7) is 9.41. The minimum atomic E-state index is -0.821. The number of aromatic nitrogens is 3. The summed E-state index contributed by atoms with van der Waals surface area (Å²) in [5.74, 6) is 0.897. The van der Waals surface area contributed by atoms with Crippen molar-refractivity contribution in [2.24, 2.45) is 11.8 Å². The molecule has 1 atom stereocenters. The fourth-order valence-corrected chi connectivity index (χ4v) is 4.90. The van der Waals surface area contributed by atoms with Gasteiger partial charge in [0.25, 0.3) is 5.56 Å². The second-order valence-corrected chi connectivity index (χ2v) is 10.4. The number of likely N-dealkylation sites (tertiary alicyclic amines) is 1. The van der Waals surface area contributed by atoms with E-state index >= 15 is 0 Å². The Kier molecular flexibility index (Phi) is 7.72. The zero-order chi connectivity index (χ0) is 25.1. The van der Waals surface area contributed by atoms with Crippen LogP contribution in [0.2, 0.25) is 0 Å². The van der Waals surface area contributed by atoms with E-state index in [1.54, 1.807) is 6.20 Å². The SMILES string of the molecule is Cc1cc(-c2nc3cc(CNC(CC(C)C)C(=O)O)ccc3n2CC2CCN(C)CC2)c[nH]c1=O. The van der Waals surface area contributed by atoms with Gasteiger partial charge in [0.15, 0.2) is 0 Å². The summed E-state index contributed by atoms with van der Waals surface area (Å²) in [7, 11) is 2.17. The van der Waals surface area contributed by atoms with Gasteiger partial charge in [-0.15, -0.1) is 0 Å². The Labute approximate surface area is 206 Å². The van der Waals surface area contributed by atoms with Crippen LogP contribution < -0.4 is 10.9 Å². The largest absolute Gasteiger partial charge is 0.480 e. The van der Waals surface area contributed by atoms with Crippen molar-refractivity contribution in [2.75, 3.05) is 20.1 Å². The molecule has 2 aromatic heterocycles. The highest BCUT2D eigenvalue weighted by atomic mass is 16.4. The Balaban J connectivity index is 1.66. The van der Waals surface area contributed by atoms with Crippen molar-refractivity contribution in [3.05, 3.63) is 51.9 Å². The predicted octanol–water partition coefficient (Wildman–Crippen LogP) is 3.63. The fraction of sp³-hybridized carbons (Fsp3) is 0.519. The van der Waals surface area contributed by atoms with Crippen LogP contribution in [0.5, 0.6) is 0 Å². The van der Waals surface area contributed by atoms with E-state index in [0.29, 0.717) is 30.4 Å². The summed E-state index contributed by atoms with van der Waals surface area (Å²) in [6, 6.07) is 7.51. The van der Waals surface area contributed by atoms with Gasteiger partial charge in [-0.1, -0.05) is 19.9 Å². The number of pyridine rings is 1. The van der Waals surface area contributed by atoms with Crippen molar-refractivity contribution in [1.29, 1.82) is 0 Å². The van der Waals surface area contributed by atoms with Crippen molar-refractivity contribution in [3.63, 3.8) is 0 Å². The number of H-pyrrole nitrogens is 1. The first-order valence-corrected chi connectivity index (χ1v) is 12.5. The number of fused-ring (bicyclic) bond motifs is 1. The number of carboxylic acid groups (broad SMARTS) is 1. The molecule has 1 fully saturated rings. The maximum atomic E-state index is 12.0. The van der Waals surface area contributed by atoms with Crippen LogP contribution in [0.15, 0.2) is 35.3 Å². The molecule has 35 heavy (non-hydrogen) atoms. The van der Waals surface area contributed by atoms with Crippen LogP contribution in [0.1, 0.15) is 44.2 Å². The van der Waals surface area contributed by atoms with Crippen LogP contribution >= 0.6 is 0 Å². The second-order valence-electron chi connectivity index (χ2n) is 10.4. The van der Waals surface area contributed by atoms with Crippen LogP contribution in [0.4, 0.5) is 0 Å². The summed E-state index contributed by atoms with van der Waals surface area (Å²) in [6.07, 6.45) is 4.62. The molecule has 1 aliphatic heterocycles. The van der Waals surface area contributed by atoms with Crippen molar-refractivity contribution in [3.8, 4) is 11.4 Å². The van der Waals surface area contributed by atoms with E-state index in [-0.39, 0.29) is 5.56 Å². The first kappa shape index (κ1) is 25.1. The number of carbonyl (C=O) groups is 1. The van der Waals surface area contributed by atoms with Crippen molar-refractivity contribution >= 4 is 17.0 Å². The van der Waals surface area contributed by atoms with E-state index in [1.165, 1.54) is 0 Å². The molecule has 0 bridgehead atoms. The highest BCUT2D eigenvalue weighted by Crippen LogP contribution is 2.29. The summed E-state index contributed by atoms with van der Waals surface area (Å²) < 4.78 is 2.29. The Morgan fingerprint density at radius 3 is 2.66 bits per heavy atom. The van der Waals surface area contributed by atoms with Gasteiger partial charge in [-0.3, -0.25) is 9.59 Å². The highest BCUT2D eigenvalue weighted by Gasteiger charge is 2.22. The summed E-state index contributed by atoms with van der Waals surface area (Å²) in [5, 5.41) is 12.7. The number of aromatic amines is 1. The number of rotatable bonds is 9. The molecule has 1 unspecified atom stereocenters. The van der Waals surface area contributed by atoms with E-state index in [9.17, 15) is 14.7 Å². The van der Waals surface area contributed by atoms with Crippen LogP contribution in [-0.4, -0.2) is 56.7 Å². The van der Waals surface area contributed by atoms with Crippen LogP contribution in [0.3, 0.4) is 0 Å². The van der Waals surface area contributed by atoms with E-state index in [2.05, 4.69) is 38.9 Å². The predicted molar refractivity (Wildman–Crippen MR) is 138 cm³/mol. The summed E-state index contributed by atoms with van der Waals surface area (Å²) >= 11 is 0. The molecular formula is C27H37N5O3. The Morgan fingerprint density at radius 2 is 2.00 bits per heavy atom. The third-order valence-corrected chi connectivity index (χ3v) is 7.00. The van der Waals surface area contributed by atoms with Gasteiger partial charge < -0.3 is 24.9 Å². The van der Waals surface area contributed by atoms with Crippen molar-refractivity contribution < 1.29 is 9.90 Å². The summed E-state index contributed by atoms with van der Waals surface area (Å²) in [5.41, 5.74) is 4.41. The molecule has 3 heterocycles. The lowest BCUT2D eigenvalue weighted by Crippen LogP contribution is -2.37. The Hall–Kier alpha value is -2.97.